The molecule has 1 unspecified atom stereocenters. The van der Waals surface area contributed by atoms with Gasteiger partial charge in [0, 0.05) is 32.6 Å². The number of carbonyl (C=O) groups is 2. The van der Waals surface area contributed by atoms with Gasteiger partial charge in [0.05, 0.1) is 12.7 Å². The Labute approximate surface area is 184 Å². The Kier molecular flexibility index (Phi) is 10.9. The summed E-state index contributed by atoms with van der Waals surface area (Å²) in [7, 11) is 1.38. The molecule has 0 aliphatic carbocycles. The number of amides is 1. The normalized spacial score (nSPS) is 16.9. The summed E-state index contributed by atoms with van der Waals surface area (Å²) in [6.45, 7) is 5.24. The van der Waals surface area contributed by atoms with Crippen LogP contribution in [0.15, 0.2) is 29.3 Å². The highest BCUT2D eigenvalue weighted by Crippen LogP contribution is 2.19. The van der Waals surface area contributed by atoms with Gasteiger partial charge in [-0.05, 0) is 49.8 Å². The van der Waals surface area contributed by atoms with Gasteiger partial charge >= 0.3 is 5.97 Å². The number of carbonyl (C=O) groups excluding carboxylic acids is 2. The van der Waals surface area contributed by atoms with Crippen molar-refractivity contribution in [3.05, 3.63) is 35.4 Å². The van der Waals surface area contributed by atoms with E-state index in [-0.39, 0.29) is 35.9 Å². The molecular formula is C20H31IN4O3. The summed E-state index contributed by atoms with van der Waals surface area (Å²) < 4.78 is 4.71. The Balaban J connectivity index is 0.00000392. The van der Waals surface area contributed by atoms with Gasteiger partial charge in [-0.3, -0.25) is 9.79 Å². The van der Waals surface area contributed by atoms with Crippen molar-refractivity contribution in [3.63, 3.8) is 0 Å². The van der Waals surface area contributed by atoms with E-state index in [2.05, 4.69) is 10.2 Å². The molecule has 0 bridgehead atoms. The third-order valence-corrected chi connectivity index (χ3v) is 4.68. The molecule has 1 heterocycles. The average Bonchev–Trinajstić information content (AvgIpc) is 2.67. The first-order chi connectivity index (χ1) is 13.0. The number of hydrogen-bond donors (Lipinski definition) is 2. The minimum atomic E-state index is -0.329. The average molecular weight is 502 g/mol. The number of guanidine groups is 1. The van der Waals surface area contributed by atoms with Gasteiger partial charge in [0.25, 0.3) is 0 Å². The van der Waals surface area contributed by atoms with Crippen LogP contribution in [-0.2, 0) is 16.0 Å². The molecule has 8 heteroatoms. The van der Waals surface area contributed by atoms with Gasteiger partial charge in [-0.15, -0.1) is 24.0 Å². The zero-order valence-corrected chi connectivity index (χ0v) is 19.0. The molecule has 1 saturated heterocycles. The molecule has 0 radical (unpaired) electrons. The van der Waals surface area contributed by atoms with Gasteiger partial charge in [-0.2, -0.15) is 0 Å². The van der Waals surface area contributed by atoms with Gasteiger partial charge in [0.15, 0.2) is 5.96 Å². The van der Waals surface area contributed by atoms with Gasteiger partial charge < -0.3 is 20.7 Å². The van der Waals surface area contributed by atoms with E-state index in [9.17, 15) is 9.59 Å². The smallest absolute Gasteiger partial charge is 0.337 e. The number of nitrogens with zero attached hydrogens (tertiary/aromatic N) is 2. The maximum Gasteiger partial charge on any atom is 0.337 e. The first-order valence-electron chi connectivity index (χ1n) is 9.52. The summed E-state index contributed by atoms with van der Waals surface area (Å²) in [6, 6.07) is 7.40. The second kappa shape index (κ2) is 12.6. The summed E-state index contributed by atoms with van der Waals surface area (Å²) in [5.74, 6) is 0.618. The minimum Gasteiger partial charge on any atom is -0.465 e. The Bertz CT molecular complexity index is 664. The second-order valence-electron chi connectivity index (χ2n) is 6.80. The number of nitrogens with two attached hydrogens (primary N) is 1. The lowest BCUT2D eigenvalue weighted by atomic mass is 9.95. The van der Waals surface area contributed by atoms with Crippen LogP contribution in [0.2, 0.25) is 0 Å². The molecule has 1 atom stereocenters. The van der Waals surface area contributed by atoms with E-state index in [1.54, 1.807) is 12.1 Å². The molecule has 1 amide bonds. The van der Waals surface area contributed by atoms with Crippen molar-refractivity contribution < 1.29 is 14.3 Å². The molecule has 156 valence electrons. The van der Waals surface area contributed by atoms with E-state index >= 15 is 0 Å². The number of piperidine rings is 1. The summed E-state index contributed by atoms with van der Waals surface area (Å²) in [6.07, 6.45) is 3.29. The van der Waals surface area contributed by atoms with Crippen LogP contribution >= 0.6 is 24.0 Å². The van der Waals surface area contributed by atoms with E-state index < -0.39 is 0 Å². The van der Waals surface area contributed by atoms with E-state index in [0.29, 0.717) is 24.4 Å². The number of likely N-dealkylation sites (tertiary alicyclic amines) is 1. The molecule has 0 spiro atoms. The van der Waals surface area contributed by atoms with Gasteiger partial charge in [-0.25, -0.2) is 4.79 Å². The molecule has 0 saturated carbocycles. The van der Waals surface area contributed by atoms with Crippen molar-refractivity contribution in [3.8, 4) is 0 Å². The highest BCUT2D eigenvalue weighted by molar-refractivity contribution is 14.0. The van der Waals surface area contributed by atoms with E-state index in [1.165, 1.54) is 7.11 Å². The Morgan fingerprint density at radius 1 is 1.32 bits per heavy atom. The summed E-state index contributed by atoms with van der Waals surface area (Å²) >= 11 is 0. The Hall–Kier alpha value is -1.84. The fourth-order valence-corrected chi connectivity index (χ4v) is 3.35. The van der Waals surface area contributed by atoms with Gasteiger partial charge in [-0.1, -0.05) is 12.1 Å². The SMILES string of the molecule is CCNC(=NCCc1ccc(C(=O)OC)cc1)N1CCCC(CC(N)=O)C1.I. The lowest BCUT2D eigenvalue weighted by Crippen LogP contribution is -2.47. The number of halogens is 1. The summed E-state index contributed by atoms with van der Waals surface area (Å²) in [5, 5.41) is 3.34. The Morgan fingerprint density at radius 2 is 2.04 bits per heavy atom. The van der Waals surface area contributed by atoms with Crippen molar-refractivity contribution in [1.29, 1.82) is 0 Å². The largest absolute Gasteiger partial charge is 0.465 e. The highest BCUT2D eigenvalue weighted by Gasteiger charge is 2.23. The lowest BCUT2D eigenvalue weighted by molar-refractivity contribution is -0.119. The second-order valence-corrected chi connectivity index (χ2v) is 6.80. The molecule has 1 aromatic rings. The third-order valence-electron chi connectivity index (χ3n) is 4.68. The van der Waals surface area contributed by atoms with Crippen molar-refractivity contribution >= 4 is 41.8 Å². The molecule has 2 rings (SSSR count). The van der Waals surface area contributed by atoms with E-state index in [0.717, 1.165) is 50.4 Å². The maximum atomic E-state index is 11.5. The molecule has 7 nitrogen and oxygen atoms in total. The van der Waals surface area contributed by atoms with E-state index in [4.69, 9.17) is 15.5 Å². The van der Waals surface area contributed by atoms with Gasteiger partial charge in [0.2, 0.25) is 5.91 Å². The van der Waals surface area contributed by atoms with Crippen LogP contribution in [0.5, 0.6) is 0 Å². The van der Waals surface area contributed by atoms with Crippen molar-refractivity contribution in [1.82, 2.24) is 10.2 Å². The quantitative estimate of drug-likeness (QED) is 0.258. The molecule has 1 aromatic carbocycles. The van der Waals surface area contributed by atoms with Crippen LogP contribution in [0.3, 0.4) is 0 Å². The number of aliphatic imine (C=N–C) groups is 1. The number of hydrogen-bond acceptors (Lipinski definition) is 4. The minimum absolute atomic E-state index is 0. The monoisotopic (exact) mass is 502 g/mol. The van der Waals surface area contributed by atoms with Crippen LogP contribution in [-0.4, -0.2) is 56.0 Å². The number of rotatable bonds is 7. The van der Waals surface area contributed by atoms with Crippen LogP contribution < -0.4 is 11.1 Å². The predicted octanol–water partition coefficient (Wildman–Crippen LogP) is 2.19. The van der Waals surface area contributed by atoms with Crippen LogP contribution in [0.25, 0.3) is 0 Å². The first-order valence-corrected chi connectivity index (χ1v) is 9.52. The summed E-state index contributed by atoms with van der Waals surface area (Å²) in [4.78, 5) is 29.7. The van der Waals surface area contributed by atoms with Crippen LogP contribution in [0.1, 0.15) is 42.1 Å². The third kappa shape index (κ3) is 7.65. The predicted molar refractivity (Wildman–Crippen MR) is 121 cm³/mol. The number of methoxy groups -OCH3 is 1. The fraction of sp³-hybridized carbons (Fsp3) is 0.550. The van der Waals surface area contributed by atoms with Crippen molar-refractivity contribution in [2.45, 2.75) is 32.6 Å². The molecule has 1 fully saturated rings. The molecule has 0 aromatic heterocycles. The number of primary amides is 1. The number of ether oxygens (including phenoxy) is 1. The lowest BCUT2D eigenvalue weighted by Gasteiger charge is -2.34. The molecule has 3 N–H and O–H groups in total. The fourth-order valence-electron chi connectivity index (χ4n) is 3.35. The molecule has 1 aliphatic heterocycles. The standard InChI is InChI=1S/C20H30N4O3.HI/c1-3-22-20(24-12-4-5-16(14-24)13-18(21)25)23-11-10-15-6-8-17(9-7-15)19(26)27-2;/h6-9,16H,3-5,10-14H2,1-2H3,(H2,21,25)(H,22,23);1H. The topological polar surface area (TPSA) is 97.0 Å². The first kappa shape index (κ1) is 24.2. The molecule has 28 heavy (non-hydrogen) atoms. The van der Waals surface area contributed by atoms with E-state index in [1.807, 2.05) is 19.1 Å². The van der Waals surface area contributed by atoms with Crippen molar-refractivity contribution in [2.75, 3.05) is 33.3 Å². The molecular weight excluding hydrogens is 471 g/mol. The van der Waals surface area contributed by atoms with Crippen LogP contribution in [0, 0.1) is 5.92 Å². The Morgan fingerprint density at radius 3 is 2.64 bits per heavy atom. The zero-order chi connectivity index (χ0) is 19.6. The number of benzene rings is 1. The highest BCUT2D eigenvalue weighted by atomic mass is 127. The van der Waals surface area contributed by atoms with Crippen molar-refractivity contribution in [2.24, 2.45) is 16.6 Å². The van der Waals surface area contributed by atoms with Gasteiger partial charge in [0.1, 0.15) is 0 Å². The summed E-state index contributed by atoms with van der Waals surface area (Å²) in [5.41, 5.74) is 7.02. The van der Waals surface area contributed by atoms with Crippen LogP contribution in [0.4, 0.5) is 0 Å². The molecule has 1 aliphatic rings. The maximum absolute atomic E-state index is 11.5. The number of esters is 1. The zero-order valence-electron chi connectivity index (χ0n) is 16.6. The number of nitrogens with one attached hydrogen (secondary N) is 1.